The molecule has 1 aliphatic rings. The molecular formula is C12H13BrOS. The van der Waals surface area contributed by atoms with Crippen LogP contribution in [0.4, 0.5) is 0 Å². The van der Waals surface area contributed by atoms with Crippen LogP contribution >= 0.6 is 27.7 Å². The summed E-state index contributed by atoms with van der Waals surface area (Å²) in [7, 11) is 0. The first-order valence-corrected chi connectivity index (χ1v) is 6.68. The molecule has 1 heterocycles. The molecule has 0 spiro atoms. The highest BCUT2D eigenvalue weighted by Crippen LogP contribution is 2.41. The zero-order valence-electron chi connectivity index (χ0n) is 9.06. The van der Waals surface area contributed by atoms with Crippen LogP contribution in [-0.4, -0.2) is 10.5 Å². The molecule has 0 amide bonds. The Morgan fingerprint density at radius 2 is 2.07 bits per heavy atom. The Kier molecular flexibility index (Phi) is 2.72. The van der Waals surface area contributed by atoms with E-state index in [1.54, 1.807) is 11.8 Å². The van der Waals surface area contributed by atoms with E-state index in [1.807, 2.05) is 19.9 Å². The highest BCUT2D eigenvalue weighted by Gasteiger charge is 2.36. The smallest absolute Gasteiger partial charge is 0.179 e. The number of fused-ring (bicyclic) bond motifs is 1. The van der Waals surface area contributed by atoms with Crippen molar-refractivity contribution in [1.29, 1.82) is 0 Å². The molecular weight excluding hydrogens is 272 g/mol. The van der Waals surface area contributed by atoms with Crippen molar-refractivity contribution in [2.24, 2.45) is 0 Å². The molecule has 2 rings (SSSR count). The number of halogens is 1. The van der Waals surface area contributed by atoms with Gasteiger partial charge in [-0.05, 0) is 38.0 Å². The van der Waals surface area contributed by atoms with Gasteiger partial charge >= 0.3 is 0 Å². The van der Waals surface area contributed by atoms with E-state index in [0.717, 1.165) is 15.8 Å². The Labute approximate surface area is 103 Å². The van der Waals surface area contributed by atoms with Crippen LogP contribution in [0.3, 0.4) is 0 Å². The van der Waals surface area contributed by atoms with Crippen LogP contribution in [0.25, 0.3) is 0 Å². The molecule has 3 heteroatoms. The van der Waals surface area contributed by atoms with Crippen molar-refractivity contribution in [2.75, 3.05) is 0 Å². The average Bonchev–Trinajstić information content (AvgIpc) is 2.16. The Bertz CT molecular complexity index is 437. The molecule has 80 valence electrons. The first-order chi connectivity index (χ1) is 6.93. The van der Waals surface area contributed by atoms with Crippen LogP contribution in [-0.2, 0) is 5.75 Å². The van der Waals surface area contributed by atoms with Crippen LogP contribution in [0.1, 0.15) is 35.3 Å². The molecule has 15 heavy (non-hydrogen) atoms. The van der Waals surface area contributed by atoms with Crippen molar-refractivity contribution in [1.82, 2.24) is 0 Å². The summed E-state index contributed by atoms with van der Waals surface area (Å²) in [5.41, 5.74) is 3.29. The van der Waals surface area contributed by atoms with Crippen molar-refractivity contribution < 1.29 is 4.79 Å². The molecule has 0 radical (unpaired) electrons. The van der Waals surface area contributed by atoms with Gasteiger partial charge in [0.05, 0.1) is 4.75 Å². The lowest BCUT2D eigenvalue weighted by Gasteiger charge is -2.30. The molecule has 1 aromatic carbocycles. The average molecular weight is 285 g/mol. The maximum Gasteiger partial charge on any atom is 0.179 e. The van der Waals surface area contributed by atoms with E-state index in [1.165, 1.54) is 11.1 Å². The minimum atomic E-state index is -0.288. The third-order valence-electron chi connectivity index (χ3n) is 2.85. The maximum absolute atomic E-state index is 12.3. The molecule has 1 aliphatic heterocycles. The van der Waals surface area contributed by atoms with Gasteiger partial charge in [-0.15, -0.1) is 11.8 Å². The Hall–Kier alpha value is -0.280. The number of aryl methyl sites for hydroxylation is 1. The summed E-state index contributed by atoms with van der Waals surface area (Å²) < 4.78 is 0.644. The normalized spacial score (nSPS) is 18.8. The zero-order valence-corrected chi connectivity index (χ0v) is 11.5. The van der Waals surface area contributed by atoms with Crippen molar-refractivity contribution in [2.45, 2.75) is 31.3 Å². The topological polar surface area (TPSA) is 17.1 Å². The Balaban J connectivity index is 2.66. The van der Waals surface area contributed by atoms with E-state index in [2.05, 4.69) is 28.9 Å². The van der Waals surface area contributed by atoms with Gasteiger partial charge in [-0.1, -0.05) is 22.0 Å². The molecule has 0 unspecified atom stereocenters. The molecule has 0 saturated heterocycles. The SMILES string of the molecule is Cc1ccc(Br)c2c1CSC(C)(C)C2=O. The van der Waals surface area contributed by atoms with Gasteiger partial charge in [-0.2, -0.15) is 0 Å². The lowest BCUT2D eigenvalue weighted by Crippen LogP contribution is -2.33. The predicted molar refractivity (Wildman–Crippen MR) is 68.6 cm³/mol. The maximum atomic E-state index is 12.3. The van der Waals surface area contributed by atoms with Gasteiger partial charge in [0, 0.05) is 15.8 Å². The summed E-state index contributed by atoms with van der Waals surface area (Å²) in [6, 6.07) is 4.03. The zero-order chi connectivity index (χ0) is 11.2. The second-order valence-electron chi connectivity index (χ2n) is 4.35. The fourth-order valence-corrected chi connectivity index (χ4v) is 3.44. The summed E-state index contributed by atoms with van der Waals surface area (Å²) in [5.74, 6) is 1.17. The van der Waals surface area contributed by atoms with Crippen molar-refractivity contribution >= 4 is 33.5 Å². The summed E-state index contributed by atoms with van der Waals surface area (Å²) >= 11 is 5.20. The van der Waals surface area contributed by atoms with Crippen LogP contribution in [0.2, 0.25) is 0 Å². The number of thioether (sulfide) groups is 1. The fraction of sp³-hybridized carbons (Fsp3) is 0.417. The quantitative estimate of drug-likeness (QED) is 0.717. The van der Waals surface area contributed by atoms with Gasteiger partial charge in [0.25, 0.3) is 0 Å². The molecule has 0 bridgehead atoms. The first kappa shape index (κ1) is 11.2. The first-order valence-electron chi connectivity index (χ1n) is 4.90. The van der Waals surface area contributed by atoms with E-state index in [4.69, 9.17) is 0 Å². The molecule has 1 aromatic rings. The Morgan fingerprint density at radius 1 is 1.40 bits per heavy atom. The number of benzene rings is 1. The lowest BCUT2D eigenvalue weighted by molar-refractivity contribution is 0.0954. The van der Waals surface area contributed by atoms with Gasteiger partial charge in [0.2, 0.25) is 0 Å². The van der Waals surface area contributed by atoms with Gasteiger partial charge in [0.1, 0.15) is 0 Å². The molecule has 0 aliphatic carbocycles. The standard InChI is InChI=1S/C12H13BrOS/c1-7-4-5-9(13)10-8(7)6-15-12(2,3)11(10)14/h4-5H,6H2,1-3H3. The van der Waals surface area contributed by atoms with E-state index >= 15 is 0 Å². The van der Waals surface area contributed by atoms with Crippen LogP contribution in [0.15, 0.2) is 16.6 Å². The summed E-state index contributed by atoms with van der Waals surface area (Å²) in [6.45, 7) is 6.06. The third-order valence-corrected chi connectivity index (χ3v) is 4.85. The fourth-order valence-electron chi connectivity index (χ4n) is 1.77. The van der Waals surface area contributed by atoms with Gasteiger partial charge < -0.3 is 0 Å². The summed E-state index contributed by atoms with van der Waals surface area (Å²) in [4.78, 5) is 12.3. The largest absolute Gasteiger partial charge is 0.293 e. The van der Waals surface area contributed by atoms with Crippen molar-refractivity contribution in [3.05, 3.63) is 33.3 Å². The minimum absolute atomic E-state index is 0.240. The molecule has 0 aromatic heterocycles. The monoisotopic (exact) mass is 284 g/mol. The number of rotatable bonds is 0. The van der Waals surface area contributed by atoms with Gasteiger partial charge in [-0.25, -0.2) is 0 Å². The minimum Gasteiger partial charge on any atom is -0.293 e. The molecule has 0 fully saturated rings. The van der Waals surface area contributed by atoms with Crippen molar-refractivity contribution in [3.63, 3.8) is 0 Å². The number of Topliss-reactive ketones (excluding diaryl/α,β-unsaturated/α-hetero) is 1. The second kappa shape index (κ2) is 3.63. The van der Waals surface area contributed by atoms with Gasteiger partial charge in [-0.3, -0.25) is 4.79 Å². The van der Waals surface area contributed by atoms with Crippen molar-refractivity contribution in [3.8, 4) is 0 Å². The van der Waals surface area contributed by atoms with E-state index in [0.29, 0.717) is 0 Å². The van der Waals surface area contributed by atoms with E-state index in [-0.39, 0.29) is 10.5 Å². The number of hydrogen-bond acceptors (Lipinski definition) is 2. The van der Waals surface area contributed by atoms with Gasteiger partial charge in [0.15, 0.2) is 5.78 Å². The number of carbonyl (C=O) groups is 1. The van der Waals surface area contributed by atoms with E-state index < -0.39 is 0 Å². The molecule has 0 atom stereocenters. The second-order valence-corrected chi connectivity index (χ2v) is 6.80. The number of carbonyl (C=O) groups excluding carboxylic acids is 1. The molecule has 0 N–H and O–H groups in total. The third kappa shape index (κ3) is 1.76. The molecule has 1 nitrogen and oxygen atoms in total. The lowest BCUT2D eigenvalue weighted by atomic mass is 9.93. The Morgan fingerprint density at radius 3 is 2.73 bits per heavy atom. The summed E-state index contributed by atoms with van der Waals surface area (Å²) in [5, 5.41) is 0. The molecule has 0 saturated carbocycles. The number of hydrogen-bond donors (Lipinski definition) is 0. The van der Waals surface area contributed by atoms with E-state index in [9.17, 15) is 4.79 Å². The summed E-state index contributed by atoms with van der Waals surface area (Å²) in [6.07, 6.45) is 0. The predicted octanol–water partition coefficient (Wildman–Crippen LogP) is 3.97. The highest BCUT2D eigenvalue weighted by atomic mass is 79.9. The number of ketones is 1. The highest BCUT2D eigenvalue weighted by molar-refractivity contribution is 9.10. The van der Waals surface area contributed by atoms with Crippen LogP contribution < -0.4 is 0 Å². The van der Waals surface area contributed by atoms with Crippen LogP contribution in [0, 0.1) is 6.92 Å². The van der Waals surface area contributed by atoms with Crippen LogP contribution in [0.5, 0.6) is 0 Å².